The number of esters is 1. The summed E-state index contributed by atoms with van der Waals surface area (Å²) >= 11 is 0. The van der Waals surface area contributed by atoms with Crippen LogP contribution in [0.3, 0.4) is 0 Å². The van der Waals surface area contributed by atoms with Crippen LogP contribution in [0.25, 0.3) is 0 Å². The molecule has 2 unspecified atom stereocenters. The van der Waals surface area contributed by atoms with E-state index in [1.807, 2.05) is 0 Å². The molecule has 102 valence electrons. The van der Waals surface area contributed by atoms with Gasteiger partial charge in [-0.2, -0.15) is 0 Å². The number of carboxylic acids is 1. The van der Waals surface area contributed by atoms with Gasteiger partial charge in [-0.25, -0.2) is 4.79 Å². The summed E-state index contributed by atoms with van der Waals surface area (Å²) in [5, 5.41) is 18.1. The molecule has 1 aliphatic heterocycles. The largest absolute Gasteiger partial charge is 0.508 e. The van der Waals surface area contributed by atoms with Gasteiger partial charge in [0.05, 0.1) is 0 Å². The van der Waals surface area contributed by atoms with Gasteiger partial charge in [0.25, 0.3) is 0 Å². The Bertz CT molecular complexity index is 491. The monoisotopic (exact) mass is 265 g/mol. The van der Waals surface area contributed by atoms with E-state index in [0.717, 1.165) is 5.57 Å². The fraction of sp³-hybridized carbons (Fsp3) is 0.385. The highest BCUT2D eigenvalue weighted by Gasteiger charge is 2.32. The molecule has 0 saturated carbocycles. The Balaban J connectivity index is 2.09. The predicted molar refractivity (Wildman–Crippen MR) is 66.2 cm³/mol. The zero-order valence-corrected chi connectivity index (χ0v) is 10.2. The van der Waals surface area contributed by atoms with Crippen molar-refractivity contribution in [1.82, 2.24) is 0 Å². The molecule has 6 nitrogen and oxygen atoms in total. The fourth-order valence-corrected chi connectivity index (χ4v) is 2.18. The molecule has 19 heavy (non-hydrogen) atoms. The molecule has 3 atom stereocenters. The molecule has 6 heteroatoms. The van der Waals surface area contributed by atoms with Crippen molar-refractivity contribution in [2.24, 2.45) is 11.7 Å². The molecule has 0 saturated heterocycles. The van der Waals surface area contributed by atoms with Crippen LogP contribution in [0.5, 0.6) is 0 Å². The second-order valence-corrected chi connectivity index (χ2v) is 4.58. The lowest BCUT2D eigenvalue weighted by molar-refractivity contribution is -0.143. The van der Waals surface area contributed by atoms with Gasteiger partial charge in [-0.3, -0.25) is 4.79 Å². The standard InChI is InChI=1S/C13H15NO5/c14-10(13(17)18)4-1-7-5-12(16)19-11-6-8(15)2-3-9(7)11/h2-3,5-6,9-11,15H,1,4,14H2,(H,17,18)/t9?,10-,11?/m0/s1. The number of hydrogen-bond acceptors (Lipinski definition) is 5. The van der Waals surface area contributed by atoms with Crippen LogP contribution in [0, 0.1) is 5.92 Å². The first-order valence-corrected chi connectivity index (χ1v) is 5.96. The Labute approximate surface area is 109 Å². The zero-order valence-electron chi connectivity index (χ0n) is 10.2. The first-order valence-electron chi connectivity index (χ1n) is 5.96. The Hall–Kier alpha value is -2.08. The molecule has 0 aromatic heterocycles. The summed E-state index contributed by atoms with van der Waals surface area (Å²) in [6.07, 6.45) is 6.24. The molecule has 0 fully saturated rings. The quantitative estimate of drug-likeness (QED) is 0.644. The topological polar surface area (TPSA) is 110 Å². The second kappa shape index (κ2) is 5.27. The van der Waals surface area contributed by atoms with Gasteiger partial charge < -0.3 is 20.7 Å². The number of ether oxygens (including phenoxy) is 1. The van der Waals surface area contributed by atoms with Crippen molar-refractivity contribution in [1.29, 1.82) is 0 Å². The molecule has 0 aromatic rings. The minimum absolute atomic E-state index is 0.0533. The van der Waals surface area contributed by atoms with E-state index in [-0.39, 0.29) is 18.1 Å². The van der Waals surface area contributed by atoms with Crippen molar-refractivity contribution >= 4 is 11.9 Å². The molecule has 0 spiro atoms. The summed E-state index contributed by atoms with van der Waals surface area (Å²) in [6.45, 7) is 0. The highest BCUT2D eigenvalue weighted by molar-refractivity contribution is 5.84. The van der Waals surface area contributed by atoms with E-state index in [0.29, 0.717) is 6.42 Å². The Morgan fingerprint density at radius 3 is 2.95 bits per heavy atom. The van der Waals surface area contributed by atoms with E-state index in [1.54, 1.807) is 6.08 Å². The first kappa shape index (κ1) is 13.4. The molecule has 2 rings (SSSR count). The van der Waals surface area contributed by atoms with Crippen molar-refractivity contribution < 1.29 is 24.5 Å². The van der Waals surface area contributed by atoms with E-state index in [2.05, 4.69) is 0 Å². The van der Waals surface area contributed by atoms with Gasteiger partial charge in [0, 0.05) is 12.0 Å². The van der Waals surface area contributed by atoms with Crippen molar-refractivity contribution in [3.8, 4) is 0 Å². The molecule has 4 N–H and O–H groups in total. The van der Waals surface area contributed by atoms with Crippen LogP contribution in [0.2, 0.25) is 0 Å². The molecule has 0 bridgehead atoms. The predicted octanol–water partition coefficient (Wildman–Crippen LogP) is 0.658. The summed E-state index contributed by atoms with van der Waals surface area (Å²) in [6, 6.07) is -0.950. The summed E-state index contributed by atoms with van der Waals surface area (Å²) in [5.74, 6) is -1.65. The maximum atomic E-state index is 11.4. The van der Waals surface area contributed by atoms with Gasteiger partial charge >= 0.3 is 11.9 Å². The lowest BCUT2D eigenvalue weighted by atomic mass is 9.84. The maximum absolute atomic E-state index is 11.4. The first-order chi connectivity index (χ1) is 8.97. The molecular formula is C13H15NO5. The van der Waals surface area contributed by atoms with E-state index in [9.17, 15) is 14.7 Å². The normalized spacial score (nSPS) is 26.9. The summed E-state index contributed by atoms with van der Waals surface area (Å²) < 4.78 is 5.09. The van der Waals surface area contributed by atoms with Crippen molar-refractivity contribution in [3.05, 3.63) is 35.6 Å². The number of carboxylic acid groups (broad SMARTS) is 1. The maximum Gasteiger partial charge on any atom is 0.331 e. The number of allylic oxidation sites excluding steroid dienone is 1. The minimum atomic E-state index is -1.06. The summed E-state index contributed by atoms with van der Waals surface area (Å²) in [7, 11) is 0. The Morgan fingerprint density at radius 2 is 2.26 bits per heavy atom. The molecule has 1 heterocycles. The smallest absolute Gasteiger partial charge is 0.331 e. The Morgan fingerprint density at radius 1 is 1.53 bits per heavy atom. The molecule has 0 aromatic carbocycles. The molecule has 0 radical (unpaired) electrons. The van der Waals surface area contributed by atoms with Gasteiger partial charge in [0.2, 0.25) is 0 Å². The lowest BCUT2D eigenvalue weighted by Gasteiger charge is -2.30. The number of aliphatic hydroxyl groups excluding tert-OH is 1. The average molecular weight is 265 g/mol. The SMILES string of the molecule is N[C@@H](CCC1=CC(=O)OC2C=C(O)C=CC12)C(=O)O. The number of carbonyl (C=O) groups excluding carboxylic acids is 1. The number of rotatable bonds is 4. The van der Waals surface area contributed by atoms with Gasteiger partial charge in [-0.15, -0.1) is 0 Å². The van der Waals surface area contributed by atoms with E-state index in [4.69, 9.17) is 15.6 Å². The van der Waals surface area contributed by atoms with Crippen LogP contribution in [0.1, 0.15) is 12.8 Å². The summed E-state index contributed by atoms with van der Waals surface area (Å²) in [4.78, 5) is 22.1. The van der Waals surface area contributed by atoms with Crippen LogP contribution < -0.4 is 5.73 Å². The number of carbonyl (C=O) groups is 2. The number of aliphatic hydroxyl groups is 1. The Kier molecular flexibility index (Phi) is 3.71. The van der Waals surface area contributed by atoms with E-state index >= 15 is 0 Å². The van der Waals surface area contributed by atoms with Gasteiger partial charge in [0.1, 0.15) is 17.9 Å². The highest BCUT2D eigenvalue weighted by atomic mass is 16.5. The van der Waals surface area contributed by atoms with Crippen LogP contribution in [-0.4, -0.2) is 34.3 Å². The van der Waals surface area contributed by atoms with Crippen molar-refractivity contribution in [2.45, 2.75) is 25.0 Å². The van der Waals surface area contributed by atoms with Crippen molar-refractivity contribution in [3.63, 3.8) is 0 Å². The fourth-order valence-electron chi connectivity index (χ4n) is 2.18. The van der Waals surface area contributed by atoms with Crippen LogP contribution in [-0.2, 0) is 14.3 Å². The van der Waals surface area contributed by atoms with Crippen LogP contribution >= 0.6 is 0 Å². The second-order valence-electron chi connectivity index (χ2n) is 4.58. The lowest BCUT2D eigenvalue weighted by Crippen LogP contribution is -2.34. The summed E-state index contributed by atoms with van der Waals surface area (Å²) in [5.41, 5.74) is 6.22. The average Bonchev–Trinajstić information content (AvgIpc) is 2.34. The minimum Gasteiger partial charge on any atom is -0.508 e. The third-order valence-corrected chi connectivity index (χ3v) is 3.21. The number of hydrogen-bond donors (Lipinski definition) is 3. The highest BCUT2D eigenvalue weighted by Crippen LogP contribution is 2.32. The van der Waals surface area contributed by atoms with E-state index in [1.165, 1.54) is 18.2 Å². The van der Waals surface area contributed by atoms with Crippen molar-refractivity contribution in [2.75, 3.05) is 0 Å². The van der Waals surface area contributed by atoms with Crippen LogP contribution in [0.4, 0.5) is 0 Å². The van der Waals surface area contributed by atoms with Crippen LogP contribution in [0.15, 0.2) is 35.6 Å². The third kappa shape index (κ3) is 3.03. The van der Waals surface area contributed by atoms with Gasteiger partial charge in [0.15, 0.2) is 0 Å². The number of nitrogens with two attached hydrogens (primary N) is 1. The van der Waals surface area contributed by atoms with Gasteiger partial charge in [-0.1, -0.05) is 11.6 Å². The van der Waals surface area contributed by atoms with E-state index < -0.39 is 24.1 Å². The molecule has 0 amide bonds. The van der Waals surface area contributed by atoms with Gasteiger partial charge in [-0.05, 0) is 25.0 Å². The molecule has 1 aliphatic carbocycles. The molecule has 2 aliphatic rings. The number of aliphatic carboxylic acids is 1. The number of fused-ring (bicyclic) bond motifs is 1. The molecular weight excluding hydrogens is 250 g/mol. The third-order valence-electron chi connectivity index (χ3n) is 3.21. The zero-order chi connectivity index (χ0) is 14.0.